The Morgan fingerprint density at radius 3 is 2.78 bits per heavy atom. The number of pyridine rings is 1. The molecule has 0 unspecified atom stereocenters. The third-order valence-corrected chi connectivity index (χ3v) is 4.10. The van der Waals surface area contributed by atoms with Crippen molar-refractivity contribution in [3.63, 3.8) is 0 Å². The summed E-state index contributed by atoms with van der Waals surface area (Å²) < 4.78 is 0. The number of amides is 1. The lowest BCUT2D eigenvalue weighted by atomic mass is 10.2. The smallest absolute Gasteiger partial charge is 0.259 e. The van der Waals surface area contributed by atoms with Gasteiger partial charge in [0.2, 0.25) is 0 Å². The maximum absolute atomic E-state index is 12.6. The van der Waals surface area contributed by atoms with E-state index in [1.807, 2.05) is 6.07 Å². The van der Waals surface area contributed by atoms with E-state index in [1.165, 1.54) is 0 Å². The number of hydrogen-bond acceptors (Lipinski definition) is 4. The van der Waals surface area contributed by atoms with Gasteiger partial charge in [-0.1, -0.05) is 11.6 Å². The number of aromatic nitrogens is 1. The summed E-state index contributed by atoms with van der Waals surface area (Å²) in [6.45, 7) is 1.83. The number of nitrogens with zero attached hydrogens (tertiary/aromatic N) is 3. The van der Waals surface area contributed by atoms with E-state index in [0.29, 0.717) is 27.7 Å². The minimum atomic E-state index is -0.235. The fourth-order valence-corrected chi connectivity index (χ4v) is 2.86. The number of carbonyl (C=O) groups excluding carboxylic acids is 1. The van der Waals surface area contributed by atoms with Crippen molar-refractivity contribution >= 4 is 29.0 Å². The van der Waals surface area contributed by atoms with Gasteiger partial charge in [0.1, 0.15) is 11.9 Å². The molecule has 1 aromatic carbocycles. The van der Waals surface area contributed by atoms with Crippen LogP contribution in [0.1, 0.15) is 28.8 Å². The minimum absolute atomic E-state index is 0.235. The van der Waals surface area contributed by atoms with Crippen molar-refractivity contribution in [2.45, 2.75) is 12.8 Å². The first kappa shape index (κ1) is 15.3. The second-order valence-corrected chi connectivity index (χ2v) is 5.74. The molecule has 2 heterocycles. The third kappa shape index (κ3) is 3.27. The van der Waals surface area contributed by atoms with Gasteiger partial charge in [-0.05, 0) is 43.2 Å². The standard InChI is InChI=1S/C17H15ClN4O/c18-15-10-13(6-5-12(15)11-19)21-17(23)14-4-3-7-20-16(14)22-8-1-2-9-22/h3-7,10H,1-2,8-9H2,(H,21,23). The monoisotopic (exact) mass is 326 g/mol. The molecule has 1 aromatic heterocycles. The predicted octanol–water partition coefficient (Wildman–Crippen LogP) is 3.46. The van der Waals surface area contributed by atoms with E-state index in [4.69, 9.17) is 16.9 Å². The number of nitrogens with one attached hydrogen (secondary N) is 1. The molecule has 0 saturated carbocycles. The van der Waals surface area contributed by atoms with Crippen LogP contribution in [-0.2, 0) is 0 Å². The highest BCUT2D eigenvalue weighted by Crippen LogP contribution is 2.24. The average Bonchev–Trinajstić information content (AvgIpc) is 3.09. The molecule has 2 aromatic rings. The van der Waals surface area contributed by atoms with Gasteiger partial charge in [-0.25, -0.2) is 4.98 Å². The molecule has 1 fully saturated rings. The predicted molar refractivity (Wildman–Crippen MR) is 89.8 cm³/mol. The highest BCUT2D eigenvalue weighted by molar-refractivity contribution is 6.32. The van der Waals surface area contributed by atoms with Gasteiger partial charge in [-0.2, -0.15) is 5.26 Å². The summed E-state index contributed by atoms with van der Waals surface area (Å²) in [7, 11) is 0. The summed E-state index contributed by atoms with van der Waals surface area (Å²) in [4.78, 5) is 19.1. The van der Waals surface area contributed by atoms with Crippen molar-refractivity contribution in [1.82, 2.24) is 4.98 Å². The second-order valence-electron chi connectivity index (χ2n) is 5.33. The molecule has 0 radical (unpaired) electrons. The molecule has 6 heteroatoms. The molecule has 1 saturated heterocycles. The second kappa shape index (κ2) is 6.67. The molecule has 3 rings (SSSR count). The van der Waals surface area contributed by atoms with Crippen LogP contribution in [0.5, 0.6) is 0 Å². The Bertz CT molecular complexity index is 778. The van der Waals surface area contributed by atoms with Gasteiger partial charge in [0.15, 0.2) is 0 Å². The van der Waals surface area contributed by atoms with Crippen LogP contribution in [0.2, 0.25) is 5.02 Å². The van der Waals surface area contributed by atoms with E-state index in [2.05, 4.69) is 15.2 Å². The zero-order valence-corrected chi connectivity index (χ0v) is 13.2. The number of halogens is 1. The number of benzene rings is 1. The van der Waals surface area contributed by atoms with E-state index in [9.17, 15) is 4.79 Å². The van der Waals surface area contributed by atoms with Crippen molar-refractivity contribution in [2.24, 2.45) is 0 Å². The zero-order valence-electron chi connectivity index (χ0n) is 12.4. The van der Waals surface area contributed by atoms with Gasteiger partial charge < -0.3 is 10.2 Å². The van der Waals surface area contributed by atoms with E-state index in [1.54, 1.807) is 36.5 Å². The van der Waals surface area contributed by atoms with Gasteiger partial charge in [-0.3, -0.25) is 4.79 Å². The molecule has 0 spiro atoms. The largest absolute Gasteiger partial charge is 0.356 e. The third-order valence-electron chi connectivity index (χ3n) is 3.78. The highest BCUT2D eigenvalue weighted by Gasteiger charge is 2.20. The summed E-state index contributed by atoms with van der Waals surface area (Å²) in [5, 5.41) is 12.0. The van der Waals surface area contributed by atoms with E-state index in [0.717, 1.165) is 25.9 Å². The Balaban J connectivity index is 1.84. The summed E-state index contributed by atoms with van der Waals surface area (Å²) in [5.74, 6) is 0.475. The van der Waals surface area contributed by atoms with Crippen molar-refractivity contribution in [3.8, 4) is 6.07 Å². The fourth-order valence-electron chi connectivity index (χ4n) is 2.64. The van der Waals surface area contributed by atoms with Crippen molar-refractivity contribution in [2.75, 3.05) is 23.3 Å². The fraction of sp³-hybridized carbons (Fsp3) is 0.235. The van der Waals surface area contributed by atoms with Crippen LogP contribution in [0.4, 0.5) is 11.5 Å². The first-order valence-corrected chi connectivity index (χ1v) is 7.78. The lowest BCUT2D eigenvalue weighted by Gasteiger charge is -2.19. The van der Waals surface area contributed by atoms with Crippen LogP contribution in [-0.4, -0.2) is 24.0 Å². The summed E-state index contributed by atoms with van der Waals surface area (Å²) in [6, 6.07) is 10.3. The lowest BCUT2D eigenvalue weighted by molar-refractivity contribution is 0.102. The lowest BCUT2D eigenvalue weighted by Crippen LogP contribution is -2.24. The first-order valence-electron chi connectivity index (χ1n) is 7.40. The highest BCUT2D eigenvalue weighted by atomic mass is 35.5. The van der Waals surface area contributed by atoms with Crippen LogP contribution in [0.25, 0.3) is 0 Å². The molecule has 116 valence electrons. The van der Waals surface area contributed by atoms with Crippen LogP contribution in [0, 0.1) is 11.3 Å². The van der Waals surface area contributed by atoms with Crippen LogP contribution in [0.15, 0.2) is 36.5 Å². The normalized spacial score (nSPS) is 13.7. The Labute approximate surface area is 139 Å². The minimum Gasteiger partial charge on any atom is -0.356 e. The van der Waals surface area contributed by atoms with Gasteiger partial charge >= 0.3 is 0 Å². The Kier molecular flexibility index (Phi) is 4.45. The molecule has 0 aliphatic carbocycles. The van der Waals surface area contributed by atoms with Gasteiger partial charge in [0, 0.05) is 25.0 Å². The Hall–Kier alpha value is -2.58. The van der Waals surface area contributed by atoms with E-state index < -0.39 is 0 Å². The van der Waals surface area contributed by atoms with Crippen LogP contribution >= 0.6 is 11.6 Å². The van der Waals surface area contributed by atoms with E-state index >= 15 is 0 Å². The topological polar surface area (TPSA) is 69.0 Å². The van der Waals surface area contributed by atoms with Crippen molar-refractivity contribution in [1.29, 1.82) is 5.26 Å². The maximum atomic E-state index is 12.6. The van der Waals surface area contributed by atoms with Gasteiger partial charge in [-0.15, -0.1) is 0 Å². The Morgan fingerprint density at radius 2 is 2.09 bits per heavy atom. The maximum Gasteiger partial charge on any atom is 0.259 e. The van der Waals surface area contributed by atoms with Crippen LogP contribution in [0.3, 0.4) is 0 Å². The molecule has 1 amide bonds. The number of hydrogen-bond donors (Lipinski definition) is 1. The summed E-state index contributed by atoms with van der Waals surface area (Å²) >= 11 is 6.00. The van der Waals surface area contributed by atoms with Crippen LogP contribution < -0.4 is 10.2 Å². The summed E-state index contributed by atoms with van der Waals surface area (Å²) in [5.41, 5.74) is 1.47. The molecular formula is C17H15ClN4O. The quantitative estimate of drug-likeness (QED) is 0.937. The zero-order chi connectivity index (χ0) is 16.2. The number of nitriles is 1. The molecular weight excluding hydrogens is 312 g/mol. The molecule has 1 N–H and O–H groups in total. The number of rotatable bonds is 3. The molecule has 0 bridgehead atoms. The van der Waals surface area contributed by atoms with Gasteiger partial charge in [0.05, 0.1) is 16.1 Å². The van der Waals surface area contributed by atoms with Gasteiger partial charge in [0.25, 0.3) is 5.91 Å². The average molecular weight is 327 g/mol. The van der Waals surface area contributed by atoms with Crippen molar-refractivity contribution < 1.29 is 4.79 Å². The SMILES string of the molecule is N#Cc1ccc(NC(=O)c2cccnc2N2CCCC2)cc1Cl. The molecule has 1 aliphatic rings. The number of anilines is 2. The van der Waals surface area contributed by atoms with Crippen molar-refractivity contribution in [3.05, 3.63) is 52.7 Å². The Morgan fingerprint density at radius 1 is 1.30 bits per heavy atom. The molecule has 23 heavy (non-hydrogen) atoms. The molecule has 1 aliphatic heterocycles. The van der Waals surface area contributed by atoms with E-state index in [-0.39, 0.29) is 5.91 Å². The molecule has 5 nitrogen and oxygen atoms in total. The first-order chi connectivity index (χ1) is 11.2. The molecule has 0 atom stereocenters. The number of carbonyl (C=O) groups is 1. The summed E-state index contributed by atoms with van der Waals surface area (Å²) in [6.07, 6.45) is 3.93.